The zero-order valence-electron chi connectivity index (χ0n) is 8.47. The van der Waals surface area contributed by atoms with Gasteiger partial charge in [0.2, 0.25) is 0 Å². The molecule has 2 nitrogen and oxygen atoms in total. The Kier molecular flexibility index (Phi) is 2.85. The van der Waals surface area contributed by atoms with E-state index in [1.807, 2.05) is 0 Å². The maximum Gasteiger partial charge on any atom is 0.194 e. The van der Waals surface area contributed by atoms with Crippen LogP contribution < -0.4 is 4.90 Å². The monoisotopic (exact) mass is 229 g/mol. The molecule has 1 heterocycles. The molecule has 0 unspecified atom stereocenters. The van der Waals surface area contributed by atoms with E-state index in [4.69, 9.17) is 0 Å². The summed E-state index contributed by atoms with van der Waals surface area (Å²) in [4.78, 5) is 12.7. The average molecular weight is 229 g/mol. The second-order valence-electron chi connectivity index (χ2n) is 3.75. The smallest absolute Gasteiger partial charge is 0.194 e. The van der Waals surface area contributed by atoms with Gasteiger partial charge in [0.1, 0.15) is 5.78 Å². The van der Waals surface area contributed by atoms with E-state index >= 15 is 0 Å². The van der Waals surface area contributed by atoms with Gasteiger partial charge in [0.05, 0.1) is 0 Å². The Bertz CT molecular complexity index is 400. The fourth-order valence-electron chi connectivity index (χ4n) is 1.74. The normalized spacial score (nSPS) is 16.7. The molecule has 16 heavy (non-hydrogen) atoms. The quantitative estimate of drug-likeness (QED) is 0.688. The van der Waals surface area contributed by atoms with Crippen molar-refractivity contribution in [2.24, 2.45) is 0 Å². The number of ketones is 1. The molecule has 1 saturated heterocycles. The molecular weight excluding hydrogens is 219 g/mol. The summed E-state index contributed by atoms with van der Waals surface area (Å²) in [7, 11) is 0. The standard InChI is InChI=1S/C11H10F3NO/c12-9-5-7(6-10(13)11(9)14)15-3-1-8(16)2-4-15/h5-6H,1-4H2. The Hall–Kier alpha value is -1.52. The lowest BCUT2D eigenvalue weighted by Crippen LogP contribution is -2.33. The maximum absolute atomic E-state index is 13.0. The van der Waals surface area contributed by atoms with Gasteiger partial charge in [-0.15, -0.1) is 0 Å². The highest BCUT2D eigenvalue weighted by Crippen LogP contribution is 2.23. The van der Waals surface area contributed by atoms with Crippen LogP contribution in [-0.2, 0) is 4.79 Å². The molecule has 0 radical (unpaired) electrons. The summed E-state index contributed by atoms with van der Waals surface area (Å²) >= 11 is 0. The van der Waals surface area contributed by atoms with Crippen LogP contribution in [0.4, 0.5) is 18.9 Å². The molecule has 0 spiro atoms. The number of hydrogen-bond acceptors (Lipinski definition) is 2. The number of halogens is 3. The lowest BCUT2D eigenvalue weighted by atomic mass is 10.1. The summed E-state index contributed by atoms with van der Waals surface area (Å²) in [5.41, 5.74) is 0.281. The summed E-state index contributed by atoms with van der Waals surface area (Å²) in [6, 6.07) is 1.91. The molecule has 0 amide bonds. The van der Waals surface area contributed by atoms with Gasteiger partial charge < -0.3 is 4.90 Å². The summed E-state index contributed by atoms with van der Waals surface area (Å²) in [5, 5.41) is 0. The van der Waals surface area contributed by atoms with E-state index in [0.29, 0.717) is 25.9 Å². The van der Waals surface area contributed by atoms with Gasteiger partial charge >= 0.3 is 0 Å². The second kappa shape index (κ2) is 4.15. The van der Waals surface area contributed by atoms with Crippen LogP contribution in [0.25, 0.3) is 0 Å². The molecule has 86 valence electrons. The van der Waals surface area contributed by atoms with Crippen molar-refractivity contribution >= 4 is 11.5 Å². The van der Waals surface area contributed by atoms with Gasteiger partial charge in [-0.1, -0.05) is 0 Å². The van der Waals surface area contributed by atoms with Crippen molar-refractivity contribution in [1.29, 1.82) is 0 Å². The third kappa shape index (κ3) is 2.03. The SMILES string of the molecule is O=C1CCN(c2cc(F)c(F)c(F)c2)CC1. The number of Topliss-reactive ketones (excluding diaryl/α,β-unsaturated/α-hetero) is 1. The van der Waals surface area contributed by atoms with E-state index in [2.05, 4.69) is 0 Å². The molecule has 2 rings (SSSR count). The molecule has 5 heteroatoms. The van der Waals surface area contributed by atoms with Crippen molar-refractivity contribution in [1.82, 2.24) is 0 Å². The highest BCUT2D eigenvalue weighted by Gasteiger charge is 2.19. The number of nitrogens with zero attached hydrogens (tertiary/aromatic N) is 1. The summed E-state index contributed by atoms with van der Waals surface area (Å²) in [6.07, 6.45) is 0.723. The first kappa shape index (κ1) is 11.0. The number of benzene rings is 1. The zero-order chi connectivity index (χ0) is 11.7. The highest BCUT2D eigenvalue weighted by atomic mass is 19.2. The van der Waals surface area contributed by atoms with E-state index < -0.39 is 17.5 Å². The van der Waals surface area contributed by atoms with E-state index in [-0.39, 0.29) is 11.5 Å². The Morgan fingerprint density at radius 1 is 1.00 bits per heavy atom. The number of carbonyl (C=O) groups is 1. The van der Waals surface area contributed by atoms with Crippen molar-refractivity contribution in [3.8, 4) is 0 Å². The van der Waals surface area contributed by atoms with Crippen LogP contribution in [0.5, 0.6) is 0 Å². The Morgan fingerprint density at radius 2 is 1.50 bits per heavy atom. The average Bonchev–Trinajstić information content (AvgIpc) is 2.26. The maximum atomic E-state index is 13.0. The molecule has 1 aliphatic heterocycles. The Labute approximate surface area is 90.7 Å². The van der Waals surface area contributed by atoms with E-state index in [1.54, 1.807) is 4.90 Å². The first-order valence-corrected chi connectivity index (χ1v) is 4.99. The number of piperidine rings is 1. The third-order valence-corrected chi connectivity index (χ3v) is 2.65. The van der Waals surface area contributed by atoms with E-state index in [9.17, 15) is 18.0 Å². The number of hydrogen-bond donors (Lipinski definition) is 0. The molecule has 0 aromatic heterocycles. The number of anilines is 1. The summed E-state index contributed by atoms with van der Waals surface area (Å²) < 4.78 is 38.6. The van der Waals surface area contributed by atoms with Gasteiger partial charge in [-0.2, -0.15) is 0 Å². The van der Waals surface area contributed by atoms with Crippen molar-refractivity contribution in [3.05, 3.63) is 29.6 Å². The van der Waals surface area contributed by atoms with Gasteiger partial charge in [-0.25, -0.2) is 13.2 Å². The fourth-order valence-corrected chi connectivity index (χ4v) is 1.74. The van der Waals surface area contributed by atoms with Crippen molar-refractivity contribution in [2.75, 3.05) is 18.0 Å². The minimum absolute atomic E-state index is 0.138. The van der Waals surface area contributed by atoms with E-state index in [1.165, 1.54) is 0 Å². The molecule has 0 aliphatic carbocycles. The van der Waals surface area contributed by atoms with Gasteiger partial charge in [0, 0.05) is 43.8 Å². The first-order valence-electron chi connectivity index (χ1n) is 4.99. The summed E-state index contributed by atoms with van der Waals surface area (Å²) in [5.74, 6) is -3.73. The Balaban J connectivity index is 2.24. The van der Waals surface area contributed by atoms with Gasteiger partial charge in [0.15, 0.2) is 17.5 Å². The van der Waals surface area contributed by atoms with Crippen molar-refractivity contribution in [3.63, 3.8) is 0 Å². The van der Waals surface area contributed by atoms with Crippen LogP contribution in [0.15, 0.2) is 12.1 Å². The van der Waals surface area contributed by atoms with Crippen LogP contribution in [0, 0.1) is 17.5 Å². The fraction of sp³-hybridized carbons (Fsp3) is 0.364. The molecule has 1 aromatic rings. The third-order valence-electron chi connectivity index (χ3n) is 2.65. The van der Waals surface area contributed by atoms with Crippen molar-refractivity contribution in [2.45, 2.75) is 12.8 Å². The van der Waals surface area contributed by atoms with Crippen LogP contribution in [0.3, 0.4) is 0 Å². The molecule has 0 bridgehead atoms. The minimum atomic E-state index is -1.46. The molecule has 1 aliphatic rings. The molecular formula is C11H10F3NO. The summed E-state index contributed by atoms with van der Waals surface area (Å²) in [6.45, 7) is 0.840. The molecule has 0 atom stereocenters. The minimum Gasteiger partial charge on any atom is -0.370 e. The zero-order valence-corrected chi connectivity index (χ0v) is 8.47. The van der Waals surface area contributed by atoms with Crippen LogP contribution in [-0.4, -0.2) is 18.9 Å². The number of carbonyl (C=O) groups excluding carboxylic acids is 1. The molecule has 1 fully saturated rings. The highest BCUT2D eigenvalue weighted by molar-refractivity contribution is 5.81. The van der Waals surface area contributed by atoms with Gasteiger partial charge in [0.25, 0.3) is 0 Å². The van der Waals surface area contributed by atoms with Crippen LogP contribution >= 0.6 is 0 Å². The largest absolute Gasteiger partial charge is 0.370 e. The molecule has 1 aromatic carbocycles. The topological polar surface area (TPSA) is 20.3 Å². The second-order valence-corrected chi connectivity index (χ2v) is 3.75. The van der Waals surface area contributed by atoms with Crippen LogP contribution in [0.1, 0.15) is 12.8 Å². The molecule has 0 saturated carbocycles. The molecule has 0 N–H and O–H groups in total. The van der Waals surface area contributed by atoms with Gasteiger partial charge in [-0.05, 0) is 0 Å². The lowest BCUT2D eigenvalue weighted by molar-refractivity contribution is -0.119. The lowest BCUT2D eigenvalue weighted by Gasteiger charge is -2.28. The van der Waals surface area contributed by atoms with E-state index in [0.717, 1.165) is 12.1 Å². The van der Waals surface area contributed by atoms with Gasteiger partial charge in [-0.3, -0.25) is 4.79 Å². The number of rotatable bonds is 1. The predicted molar refractivity (Wildman–Crippen MR) is 52.8 cm³/mol. The first-order chi connectivity index (χ1) is 7.58. The predicted octanol–water partition coefficient (Wildman–Crippen LogP) is 2.27. The van der Waals surface area contributed by atoms with Crippen LogP contribution in [0.2, 0.25) is 0 Å². The Morgan fingerprint density at radius 3 is 2.00 bits per heavy atom. The van der Waals surface area contributed by atoms with Crippen molar-refractivity contribution < 1.29 is 18.0 Å².